The molecular formula is C38H44F6N8O. The van der Waals surface area contributed by atoms with Gasteiger partial charge in [0.2, 0.25) is 0 Å². The van der Waals surface area contributed by atoms with E-state index in [1.807, 2.05) is 24.3 Å². The first-order valence-corrected chi connectivity index (χ1v) is 18.8. The molecule has 6 aliphatic rings. The Morgan fingerprint density at radius 3 is 2.06 bits per heavy atom. The van der Waals surface area contributed by atoms with Crippen LogP contribution in [0.15, 0.2) is 48.8 Å². The Bertz CT molecular complexity index is 1790. The van der Waals surface area contributed by atoms with Gasteiger partial charge in [-0.05, 0) is 87.8 Å². The highest BCUT2D eigenvalue weighted by Crippen LogP contribution is 2.47. The van der Waals surface area contributed by atoms with Crippen molar-refractivity contribution in [2.45, 2.75) is 100 Å². The minimum atomic E-state index is -4.17. The Morgan fingerprint density at radius 2 is 1.40 bits per heavy atom. The monoisotopic (exact) mass is 742 g/mol. The molecule has 7 heterocycles. The number of fused-ring (bicyclic) bond motifs is 8. The number of carbonyl (C=O) groups is 1. The minimum absolute atomic E-state index is 0.0128. The number of halogens is 6. The second kappa shape index (κ2) is 14.2. The van der Waals surface area contributed by atoms with Crippen molar-refractivity contribution in [2.75, 3.05) is 51.5 Å². The van der Waals surface area contributed by atoms with Gasteiger partial charge in [0.05, 0.1) is 41.1 Å². The lowest BCUT2D eigenvalue weighted by Gasteiger charge is -2.37. The summed E-state index contributed by atoms with van der Waals surface area (Å²) in [6, 6.07) is 11.4. The minimum Gasteiger partial charge on any atom is -0.366 e. The van der Waals surface area contributed by atoms with Crippen LogP contribution in [0.1, 0.15) is 87.4 Å². The number of alkyl halides is 6. The molecule has 2 saturated carbocycles. The maximum atomic E-state index is 13.3. The highest BCUT2D eigenvalue weighted by molar-refractivity contribution is 6.04. The lowest BCUT2D eigenvalue weighted by Crippen LogP contribution is -2.48. The summed E-state index contributed by atoms with van der Waals surface area (Å²) in [6.07, 6.45) is 0.245. The number of urea groups is 1. The molecule has 2 aliphatic carbocycles. The topological polar surface area (TPSA) is 89.5 Å². The predicted molar refractivity (Wildman–Crippen MR) is 191 cm³/mol. The van der Waals surface area contributed by atoms with Crippen molar-refractivity contribution in [2.24, 2.45) is 11.8 Å². The molecule has 4 fully saturated rings. The molecule has 0 aromatic carbocycles. The number of nitrogens with one attached hydrogen (secondary N) is 2. The molecule has 4 unspecified atom stereocenters. The number of carbonyl (C=O) groups excluding carboxylic acids is 1. The fourth-order valence-corrected chi connectivity index (χ4v) is 9.19. The van der Waals surface area contributed by atoms with E-state index < -0.39 is 24.2 Å². The number of aromatic nitrogens is 3. The molecule has 2 amide bonds. The molecule has 4 aliphatic heterocycles. The first kappa shape index (κ1) is 35.7. The van der Waals surface area contributed by atoms with Gasteiger partial charge in [0.15, 0.2) is 5.82 Å². The zero-order chi connectivity index (χ0) is 36.9. The number of hydrogen-bond donors (Lipinski definition) is 2. The van der Waals surface area contributed by atoms with Crippen LogP contribution in [0.5, 0.6) is 0 Å². The Balaban J connectivity index is 0.000000160. The third kappa shape index (κ3) is 7.44. The number of anilines is 5. The highest BCUT2D eigenvalue weighted by Gasteiger charge is 2.45. The van der Waals surface area contributed by atoms with Crippen LogP contribution >= 0.6 is 0 Å². The molecular weight excluding hydrogens is 698 g/mol. The van der Waals surface area contributed by atoms with Crippen LogP contribution in [0.2, 0.25) is 0 Å². The second-order valence-electron chi connectivity index (χ2n) is 15.4. The zero-order valence-corrected chi connectivity index (χ0v) is 29.3. The molecule has 9 nitrogen and oxygen atoms in total. The highest BCUT2D eigenvalue weighted by atomic mass is 19.4. The summed E-state index contributed by atoms with van der Waals surface area (Å²) < 4.78 is 78.8. The summed E-state index contributed by atoms with van der Waals surface area (Å²) in [5.41, 5.74) is 4.02. The van der Waals surface area contributed by atoms with Crippen molar-refractivity contribution >= 4 is 34.7 Å². The van der Waals surface area contributed by atoms with E-state index in [1.165, 1.54) is 0 Å². The van der Waals surface area contributed by atoms with E-state index in [0.717, 1.165) is 68.3 Å². The number of rotatable bonds is 3. The molecule has 4 bridgehead atoms. The number of pyridine rings is 3. The molecule has 15 heteroatoms. The fraction of sp³-hybridized carbons (Fsp3) is 0.579. The van der Waals surface area contributed by atoms with Crippen LogP contribution in [0.3, 0.4) is 0 Å². The summed E-state index contributed by atoms with van der Waals surface area (Å²) in [5.74, 6) is -1.36. The van der Waals surface area contributed by atoms with E-state index in [4.69, 9.17) is 4.98 Å². The average molecular weight is 743 g/mol. The molecule has 284 valence electrons. The van der Waals surface area contributed by atoms with Crippen LogP contribution in [0, 0.1) is 11.8 Å². The molecule has 0 radical (unpaired) electrons. The van der Waals surface area contributed by atoms with Crippen molar-refractivity contribution in [1.29, 1.82) is 0 Å². The van der Waals surface area contributed by atoms with Crippen LogP contribution in [0.4, 0.5) is 59.8 Å². The first-order valence-electron chi connectivity index (χ1n) is 18.8. The quantitative estimate of drug-likeness (QED) is 0.259. The Morgan fingerprint density at radius 1 is 0.755 bits per heavy atom. The summed E-state index contributed by atoms with van der Waals surface area (Å²) in [6.45, 7) is 3.60. The molecule has 9 rings (SSSR count). The molecule has 6 atom stereocenters. The molecule has 0 spiro atoms. The average Bonchev–Trinajstić information content (AvgIpc) is 3.75. The Kier molecular flexibility index (Phi) is 9.54. The van der Waals surface area contributed by atoms with Gasteiger partial charge >= 0.3 is 18.4 Å². The Labute approximate surface area is 304 Å². The first-order chi connectivity index (χ1) is 25.4. The van der Waals surface area contributed by atoms with Crippen molar-refractivity contribution in [1.82, 2.24) is 15.0 Å². The van der Waals surface area contributed by atoms with Crippen molar-refractivity contribution in [3.05, 3.63) is 60.2 Å². The van der Waals surface area contributed by atoms with Gasteiger partial charge in [-0.1, -0.05) is 12.8 Å². The lowest BCUT2D eigenvalue weighted by atomic mass is 9.79. The van der Waals surface area contributed by atoms with Crippen molar-refractivity contribution in [3.8, 4) is 0 Å². The fourth-order valence-electron chi connectivity index (χ4n) is 9.19. The number of amides is 2. The molecule has 3 aromatic rings. The van der Waals surface area contributed by atoms with E-state index in [2.05, 4.69) is 30.4 Å². The van der Waals surface area contributed by atoms with Gasteiger partial charge in [-0.15, -0.1) is 0 Å². The summed E-state index contributed by atoms with van der Waals surface area (Å²) in [5, 5.41) is 6.31. The molecule has 2 saturated heterocycles. The van der Waals surface area contributed by atoms with Gasteiger partial charge in [0.1, 0.15) is 5.82 Å². The summed E-state index contributed by atoms with van der Waals surface area (Å²) in [4.78, 5) is 32.8. The maximum Gasteiger partial charge on any atom is 0.391 e. The van der Waals surface area contributed by atoms with Crippen molar-refractivity contribution in [3.63, 3.8) is 0 Å². The van der Waals surface area contributed by atoms with Crippen LogP contribution in [-0.2, 0) is 0 Å². The van der Waals surface area contributed by atoms with Gasteiger partial charge in [0, 0.05) is 61.6 Å². The predicted octanol–water partition coefficient (Wildman–Crippen LogP) is 8.87. The Hall–Kier alpha value is -4.30. The summed E-state index contributed by atoms with van der Waals surface area (Å²) >= 11 is 0. The largest absolute Gasteiger partial charge is 0.391 e. The van der Waals surface area contributed by atoms with Gasteiger partial charge in [-0.2, -0.15) is 26.3 Å². The van der Waals surface area contributed by atoms with Gasteiger partial charge < -0.3 is 20.4 Å². The molecule has 53 heavy (non-hydrogen) atoms. The number of hydrogen-bond acceptors (Lipinski definition) is 7. The smallest absolute Gasteiger partial charge is 0.366 e. The molecule has 2 N–H and O–H groups in total. The SMILES string of the molecule is FC(F)(F)C1CCCC(c2ccc3c(n2)N[C@H]2CCN3C2)C1.O=C(Nc1cccnc1)N1c2nc(C3CCCC(C(F)(F)F)C3)ccc2N2CC[C@H]1C2. The normalized spacial score (nSPS) is 27.6. The third-order valence-electron chi connectivity index (χ3n) is 12.0. The van der Waals surface area contributed by atoms with Crippen LogP contribution in [-0.4, -0.2) is 71.6 Å². The van der Waals surface area contributed by atoms with Crippen LogP contribution in [0.25, 0.3) is 0 Å². The van der Waals surface area contributed by atoms with E-state index >= 15 is 0 Å². The van der Waals surface area contributed by atoms with Gasteiger partial charge in [0.25, 0.3) is 0 Å². The maximum absolute atomic E-state index is 13.3. The third-order valence-corrected chi connectivity index (χ3v) is 12.0. The molecule has 3 aromatic heterocycles. The zero-order valence-electron chi connectivity index (χ0n) is 29.3. The van der Waals surface area contributed by atoms with Crippen molar-refractivity contribution < 1.29 is 31.1 Å². The van der Waals surface area contributed by atoms with Gasteiger partial charge in [-0.3, -0.25) is 9.88 Å². The van der Waals surface area contributed by atoms with E-state index in [-0.39, 0.29) is 49.6 Å². The number of nitrogens with zero attached hydrogens (tertiary/aromatic N) is 6. The summed E-state index contributed by atoms with van der Waals surface area (Å²) in [7, 11) is 0. The standard InChI is InChI=1S/C22H24F3N5O.C16H20F3N3/c23-22(24,25)15-4-1-3-14(11-15)18-6-7-19-20(28-18)30(17-8-10-29(19)13-17)21(31)27-16-5-2-9-26-12-16;17-16(18,19)11-3-1-2-10(8-11)13-4-5-14-15(21-13)20-12-6-7-22(14)9-12/h2,5-7,9,12,14-15,17H,1,3-4,8,10-11,13H2,(H,27,31);4-5,10-12H,1-3,6-9H2,(H,20,21)/t14?,15?,17-;10?,11?,12-/m00/s1. The lowest BCUT2D eigenvalue weighted by molar-refractivity contribution is -0.184. The van der Waals surface area contributed by atoms with E-state index in [1.54, 1.807) is 29.4 Å². The van der Waals surface area contributed by atoms with Gasteiger partial charge in [-0.25, -0.2) is 14.8 Å². The van der Waals surface area contributed by atoms with Crippen LogP contribution < -0.4 is 25.3 Å². The van der Waals surface area contributed by atoms with E-state index in [0.29, 0.717) is 42.5 Å². The van der Waals surface area contributed by atoms with E-state index in [9.17, 15) is 31.1 Å². The second-order valence-corrected chi connectivity index (χ2v) is 15.4.